The maximum atomic E-state index is 5.70. The van der Waals surface area contributed by atoms with E-state index >= 15 is 0 Å². The van der Waals surface area contributed by atoms with Crippen molar-refractivity contribution in [2.24, 2.45) is 0 Å². The van der Waals surface area contributed by atoms with E-state index in [1.54, 1.807) is 0 Å². The van der Waals surface area contributed by atoms with Crippen LogP contribution in [0.4, 0.5) is 0 Å². The lowest BCUT2D eigenvalue weighted by molar-refractivity contribution is -0.00754. The van der Waals surface area contributed by atoms with Crippen LogP contribution in [-0.2, 0) is 9.47 Å². The smallest absolute Gasteiger partial charge is 0.0704 e. The Morgan fingerprint density at radius 3 is 2.64 bits per heavy atom. The predicted octanol–water partition coefficient (Wildman–Crippen LogP) is 1.57. The van der Waals surface area contributed by atoms with Crippen molar-refractivity contribution in [2.75, 3.05) is 32.9 Å². The Kier molecular flexibility index (Phi) is 7.01. The number of ether oxygens (including phenoxy) is 2. The van der Waals surface area contributed by atoms with Gasteiger partial charge in [0.05, 0.1) is 19.3 Å². The summed E-state index contributed by atoms with van der Waals surface area (Å²) in [5.41, 5.74) is 0. The van der Waals surface area contributed by atoms with Crippen LogP contribution in [0.1, 0.15) is 32.6 Å². The first-order chi connectivity index (χ1) is 6.93. The van der Waals surface area contributed by atoms with Crippen molar-refractivity contribution in [3.8, 4) is 0 Å². The zero-order valence-corrected chi connectivity index (χ0v) is 9.26. The molecule has 1 N–H and O–H groups in total. The van der Waals surface area contributed by atoms with Crippen molar-refractivity contribution >= 4 is 0 Å². The van der Waals surface area contributed by atoms with Gasteiger partial charge in [-0.15, -0.1) is 0 Å². The maximum absolute atomic E-state index is 5.70. The fraction of sp³-hybridized carbons (Fsp3) is 1.00. The lowest BCUT2D eigenvalue weighted by atomic mass is 10.1. The molecule has 3 heteroatoms. The van der Waals surface area contributed by atoms with Crippen molar-refractivity contribution in [2.45, 2.75) is 38.7 Å². The molecule has 1 fully saturated rings. The van der Waals surface area contributed by atoms with Crippen LogP contribution in [-0.4, -0.2) is 39.0 Å². The molecule has 0 aromatic carbocycles. The summed E-state index contributed by atoms with van der Waals surface area (Å²) in [6, 6.07) is 0. The highest BCUT2D eigenvalue weighted by Gasteiger charge is 2.12. The van der Waals surface area contributed by atoms with E-state index in [0.717, 1.165) is 52.2 Å². The van der Waals surface area contributed by atoms with Gasteiger partial charge in [0, 0.05) is 6.61 Å². The van der Waals surface area contributed by atoms with Gasteiger partial charge in [-0.3, -0.25) is 0 Å². The molecule has 1 saturated heterocycles. The highest BCUT2D eigenvalue weighted by atomic mass is 16.5. The lowest BCUT2D eigenvalue weighted by Gasteiger charge is -2.22. The van der Waals surface area contributed by atoms with Crippen LogP contribution in [0.5, 0.6) is 0 Å². The molecule has 1 aliphatic rings. The lowest BCUT2D eigenvalue weighted by Crippen LogP contribution is -2.33. The zero-order valence-electron chi connectivity index (χ0n) is 9.26. The molecule has 0 radical (unpaired) electrons. The predicted molar refractivity (Wildman–Crippen MR) is 57.6 cm³/mol. The molecule has 0 aliphatic carbocycles. The van der Waals surface area contributed by atoms with Crippen LogP contribution in [0.3, 0.4) is 0 Å². The third-order valence-corrected chi connectivity index (χ3v) is 2.51. The molecule has 14 heavy (non-hydrogen) atoms. The monoisotopic (exact) mass is 201 g/mol. The van der Waals surface area contributed by atoms with E-state index in [1.165, 1.54) is 6.42 Å². The molecule has 0 aromatic heterocycles. The van der Waals surface area contributed by atoms with E-state index in [9.17, 15) is 0 Å². The van der Waals surface area contributed by atoms with Crippen LogP contribution in [0.25, 0.3) is 0 Å². The highest BCUT2D eigenvalue weighted by Crippen LogP contribution is 2.06. The molecule has 84 valence electrons. The van der Waals surface area contributed by atoms with Crippen molar-refractivity contribution in [1.82, 2.24) is 5.32 Å². The van der Waals surface area contributed by atoms with Gasteiger partial charge >= 0.3 is 0 Å². The van der Waals surface area contributed by atoms with E-state index < -0.39 is 0 Å². The summed E-state index contributed by atoms with van der Waals surface area (Å²) in [5, 5.41) is 3.32. The first-order valence-electron chi connectivity index (χ1n) is 5.83. The van der Waals surface area contributed by atoms with Gasteiger partial charge in [0.2, 0.25) is 0 Å². The molecule has 0 aromatic rings. The Bertz CT molecular complexity index is 124. The Balaban J connectivity index is 1.82. The molecule has 0 atom stereocenters. The van der Waals surface area contributed by atoms with E-state index in [2.05, 4.69) is 12.2 Å². The molecule has 0 bridgehead atoms. The second kappa shape index (κ2) is 8.21. The summed E-state index contributed by atoms with van der Waals surface area (Å²) >= 11 is 0. The van der Waals surface area contributed by atoms with Gasteiger partial charge in [0.1, 0.15) is 0 Å². The first-order valence-corrected chi connectivity index (χ1v) is 5.83. The number of hydrogen-bond donors (Lipinski definition) is 1. The number of hydrogen-bond acceptors (Lipinski definition) is 3. The van der Waals surface area contributed by atoms with E-state index in [-0.39, 0.29) is 0 Å². The van der Waals surface area contributed by atoms with Crippen molar-refractivity contribution in [3.05, 3.63) is 0 Å². The van der Waals surface area contributed by atoms with Gasteiger partial charge in [-0.1, -0.05) is 13.3 Å². The number of rotatable bonds is 7. The summed E-state index contributed by atoms with van der Waals surface area (Å²) < 4.78 is 11.1. The van der Waals surface area contributed by atoms with Crippen LogP contribution in [0.15, 0.2) is 0 Å². The van der Waals surface area contributed by atoms with E-state index in [4.69, 9.17) is 9.47 Å². The second-order valence-electron chi connectivity index (χ2n) is 3.79. The normalized spacial score (nSPS) is 18.6. The minimum atomic E-state index is 0.464. The minimum Gasteiger partial charge on any atom is -0.379 e. The van der Waals surface area contributed by atoms with Crippen molar-refractivity contribution < 1.29 is 9.47 Å². The number of piperidine rings is 1. The van der Waals surface area contributed by atoms with E-state index in [0.29, 0.717) is 6.10 Å². The Labute approximate surface area is 87.2 Å². The Morgan fingerprint density at radius 1 is 1.14 bits per heavy atom. The summed E-state index contributed by atoms with van der Waals surface area (Å²) in [5.74, 6) is 0. The summed E-state index contributed by atoms with van der Waals surface area (Å²) in [6.45, 7) is 6.77. The van der Waals surface area contributed by atoms with Gasteiger partial charge in [0.15, 0.2) is 0 Å². The van der Waals surface area contributed by atoms with Crippen LogP contribution in [0, 0.1) is 0 Å². The topological polar surface area (TPSA) is 30.5 Å². The number of unbranched alkanes of at least 4 members (excludes halogenated alkanes) is 1. The Morgan fingerprint density at radius 2 is 1.93 bits per heavy atom. The Hall–Kier alpha value is -0.120. The summed E-state index contributed by atoms with van der Waals surface area (Å²) in [4.78, 5) is 0. The van der Waals surface area contributed by atoms with Gasteiger partial charge in [-0.25, -0.2) is 0 Å². The first kappa shape index (κ1) is 12.0. The fourth-order valence-electron chi connectivity index (χ4n) is 1.58. The summed E-state index contributed by atoms with van der Waals surface area (Å²) in [6.07, 6.45) is 5.12. The standard InChI is InChI=1S/C11H23NO2/c1-2-3-8-13-9-10-14-11-4-6-12-7-5-11/h11-12H,2-10H2,1H3. The zero-order chi connectivity index (χ0) is 10.1. The maximum Gasteiger partial charge on any atom is 0.0704 e. The molecule has 1 aliphatic heterocycles. The van der Waals surface area contributed by atoms with Gasteiger partial charge in [-0.2, -0.15) is 0 Å². The van der Waals surface area contributed by atoms with Gasteiger partial charge < -0.3 is 14.8 Å². The molecular formula is C11H23NO2. The third-order valence-electron chi connectivity index (χ3n) is 2.51. The fourth-order valence-corrected chi connectivity index (χ4v) is 1.58. The molecule has 3 nitrogen and oxygen atoms in total. The minimum absolute atomic E-state index is 0.464. The van der Waals surface area contributed by atoms with Crippen LogP contribution >= 0.6 is 0 Å². The SMILES string of the molecule is CCCCOCCOC1CCNCC1. The molecular weight excluding hydrogens is 178 g/mol. The van der Waals surface area contributed by atoms with Crippen molar-refractivity contribution in [3.63, 3.8) is 0 Å². The molecule has 0 unspecified atom stereocenters. The second-order valence-corrected chi connectivity index (χ2v) is 3.79. The summed E-state index contributed by atoms with van der Waals surface area (Å²) in [7, 11) is 0. The largest absolute Gasteiger partial charge is 0.379 e. The molecule has 0 saturated carbocycles. The van der Waals surface area contributed by atoms with Crippen LogP contribution in [0.2, 0.25) is 0 Å². The van der Waals surface area contributed by atoms with Gasteiger partial charge in [0.25, 0.3) is 0 Å². The van der Waals surface area contributed by atoms with Crippen LogP contribution < -0.4 is 5.32 Å². The molecule has 1 heterocycles. The number of nitrogens with one attached hydrogen (secondary N) is 1. The van der Waals surface area contributed by atoms with Gasteiger partial charge in [-0.05, 0) is 32.4 Å². The highest BCUT2D eigenvalue weighted by molar-refractivity contribution is 4.67. The third kappa shape index (κ3) is 5.58. The average molecular weight is 201 g/mol. The van der Waals surface area contributed by atoms with E-state index in [1.807, 2.05) is 0 Å². The van der Waals surface area contributed by atoms with Crippen molar-refractivity contribution in [1.29, 1.82) is 0 Å². The quantitative estimate of drug-likeness (QED) is 0.634. The molecule has 1 rings (SSSR count). The average Bonchev–Trinajstić information content (AvgIpc) is 2.25. The molecule has 0 spiro atoms. The molecule has 0 amide bonds.